The Morgan fingerprint density at radius 2 is 1.79 bits per heavy atom. The van der Waals surface area contributed by atoms with E-state index in [1.165, 1.54) is 11.3 Å². The van der Waals surface area contributed by atoms with Crippen LogP contribution in [0.3, 0.4) is 0 Å². The van der Waals surface area contributed by atoms with Crippen LogP contribution in [0.25, 0.3) is 0 Å². The standard InChI is InChI=1S/C19H27N3O2/c1-13-17(14(2)22(6)21-13)12-20-11-15-7-9-16(10-8-15)18(23)24-19(3,4)5/h7-10,20H,11-12H2,1-6H3. The first-order valence-corrected chi connectivity index (χ1v) is 8.19. The molecule has 5 heteroatoms. The zero-order valence-electron chi connectivity index (χ0n) is 15.4. The van der Waals surface area contributed by atoms with Gasteiger partial charge in [-0.15, -0.1) is 0 Å². The molecular formula is C19H27N3O2. The van der Waals surface area contributed by atoms with E-state index in [0.29, 0.717) is 5.56 Å². The molecule has 0 saturated heterocycles. The van der Waals surface area contributed by atoms with Crippen LogP contribution in [0.5, 0.6) is 0 Å². The lowest BCUT2D eigenvalue weighted by Crippen LogP contribution is -2.23. The molecule has 0 unspecified atom stereocenters. The fourth-order valence-electron chi connectivity index (χ4n) is 2.50. The molecule has 0 aliphatic carbocycles. The first kappa shape index (κ1) is 18.2. The third kappa shape index (κ3) is 4.68. The highest BCUT2D eigenvalue weighted by Crippen LogP contribution is 2.14. The van der Waals surface area contributed by atoms with E-state index in [9.17, 15) is 4.79 Å². The number of carbonyl (C=O) groups excluding carboxylic acids is 1. The topological polar surface area (TPSA) is 56.2 Å². The minimum atomic E-state index is -0.475. The second-order valence-electron chi connectivity index (χ2n) is 7.08. The summed E-state index contributed by atoms with van der Waals surface area (Å²) in [6, 6.07) is 7.53. The summed E-state index contributed by atoms with van der Waals surface area (Å²) in [4.78, 5) is 12.0. The average molecular weight is 329 g/mol. The molecule has 1 N–H and O–H groups in total. The van der Waals surface area contributed by atoms with Gasteiger partial charge < -0.3 is 10.1 Å². The molecule has 0 atom stereocenters. The fourth-order valence-corrected chi connectivity index (χ4v) is 2.50. The molecule has 0 bridgehead atoms. The molecule has 1 aromatic heterocycles. The molecule has 0 aliphatic rings. The number of aromatic nitrogens is 2. The van der Waals surface area contributed by atoms with Crippen molar-refractivity contribution in [3.63, 3.8) is 0 Å². The second kappa shape index (κ2) is 7.18. The number of hydrogen-bond donors (Lipinski definition) is 1. The molecule has 0 aliphatic heterocycles. The van der Waals surface area contributed by atoms with Crippen LogP contribution >= 0.6 is 0 Å². The maximum absolute atomic E-state index is 12.0. The van der Waals surface area contributed by atoms with Gasteiger partial charge in [-0.2, -0.15) is 5.10 Å². The highest BCUT2D eigenvalue weighted by atomic mass is 16.6. The molecule has 5 nitrogen and oxygen atoms in total. The number of rotatable bonds is 5. The first-order chi connectivity index (χ1) is 11.2. The largest absolute Gasteiger partial charge is 0.456 e. The van der Waals surface area contributed by atoms with E-state index in [1.54, 1.807) is 0 Å². The Labute approximate surface area is 144 Å². The van der Waals surface area contributed by atoms with Gasteiger partial charge in [0.15, 0.2) is 0 Å². The van der Waals surface area contributed by atoms with E-state index in [4.69, 9.17) is 4.74 Å². The van der Waals surface area contributed by atoms with E-state index in [0.717, 1.165) is 24.3 Å². The summed E-state index contributed by atoms with van der Waals surface area (Å²) >= 11 is 0. The molecule has 24 heavy (non-hydrogen) atoms. The van der Waals surface area contributed by atoms with Crippen molar-refractivity contribution in [2.45, 2.75) is 53.3 Å². The van der Waals surface area contributed by atoms with Crippen molar-refractivity contribution in [3.05, 3.63) is 52.3 Å². The highest BCUT2D eigenvalue weighted by molar-refractivity contribution is 5.89. The predicted molar refractivity (Wildman–Crippen MR) is 94.8 cm³/mol. The number of benzene rings is 1. The average Bonchev–Trinajstić information content (AvgIpc) is 2.72. The Hall–Kier alpha value is -2.14. The molecule has 130 valence electrons. The summed E-state index contributed by atoms with van der Waals surface area (Å²) < 4.78 is 7.27. The van der Waals surface area contributed by atoms with Gasteiger partial charge in [0, 0.05) is 31.4 Å². The van der Waals surface area contributed by atoms with Crippen molar-refractivity contribution in [1.29, 1.82) is 0 Å². The van der Waals surface area contributed by atoms with Crippen LogP contribution < -0.4 is 5.32 Å². The highest BCUT2D eigenvalue weighted by Gasteiger charge is 2.17. The minimum absolute atomic E-state index is 0.288. The van der Waals surface area contributed by atoms with Crippen molar-refractivity contribution in [3.8, 4) is 0 Å². The van der Waals surface area contributed by atoms with E-state index >= 15 is 0 Å². The smallest absolute Gasteiger partial charge is 0.338 e. The Kier molecular flexibility index (Phi) is 5.44. The van der Waals surface area contributed by atoms with Crippen molar-refractivity contribution in [2.75, 3.05) is 0 Å². The van der Waals surface area contributed by atoms with Crippen molar-refractivity contribution >= 4 is 5.97 Å². The van der Waals surface area contributed by atoms with Crippen LogP contribution in [-0.4, -0.2) is 21.4 Å². The Morgan fingerprint density at radius 3 is 2.29 bits per heavy atom. The lowest BCUT2D eigenvalue weighted by molar-refractivity contribution is 0.00695. The molecule has 0 spiro atoms. The van der Waals surface area contributed by atoms with Gasteiger partial charge in [-0.25, -0.2) is 4.79 Å². The summed E-state index contributed by atoms with van der Waals surface area (Å²) in [5, 5.41) is 7.85. The quantitative estimate of drug-likeness (QED) is 0.855. The van der Waals surface area contributed by atoms with Crippen LogP contribution in [0.4, 0.5) is 0 Å². The van der Waals surface area contributed by atoms with E-state index in [1.807, 2.05) is 63.7 Å². The van der Waals surface area contributed by atoms with Gasteiger partial charge in [-0.3, -0.25) is 4.68 Å². The molecule has 0 fully saturated rings. The van der Waals surface area contributed by atoms with Gasteiger partial charge in [0.05, 0.1) is 11.3 Å². The van der Waals surface area contributed by atoms with Crippen LogP contribution in [0.1, 0.15) is 53.6 Å². The monoisotopic (exact) mass is 329 g/mol. The SMILES string of the molecule is Cc1nn(C)c(C)c1CNCc1ccc(C(=O)OC(C)(C)C)cc1. The summed E-state index contributed by atoms with van der Waals surface area (Å²) in [5.41, 5.74) is 4.71. The van der Waals surface area contributed by atoms with Crippen LogP contribution in [-0.2, 0) is 24.9 Å². The number of hydrogen-bond acceptors (Lipinski definition) is 4. The van der Waals surface area contributed by atoms with Crippen molar-refractivity contribution in [1.82, 2.24) is 15.1 Å². The third-order valence-corrected chi connectivity index (χ3v) is 3.88. The van der Waals surface area contributed by atoms with Gasteiger partial charge >= 0.3 is 5.97 Å². The van der Waals surface area contributed by atoms with Crippen molar-refractivity contribution in [2.24, 2.45) is 7.05 Å². The van der Waals surface area contributed by atoms with Crippen LogP contribution in [0.2, 0.25) is 0 Å². The maximum Gasteiger partial charge on any atom is 0.338 e. The van der Waals surface area contributed by atoms with Crippen LogP contribution in [0, 0.1) is 13.8 Å². The zero-order chi connectivity index (χ0) is 17.9. The normalized spacial score (nSPS) is 11.6. The Morgan fingerprint density at radius 1 is 1.17 bits per heavy atom. The van der Waals surface area contributed by atoms with Gasteiger partial charge in [-0.1, -0.05) is 12.1 Å². The lowest BCUT2D eigenvalue weighted by atomic mass is 10.1. The van der Waals surface area contributed by atoms with Gasteiger partial charge in [-0.05, 0) is 52.3 Å². The second-order valence-corrected chi connectivity index (χ2v) is 7.08. The number of aryl methyl sites for hydroxylation is 2. The predicted octanol–water partition coefficient (Wildman–Crippen LogP) is 3.28. The molecule has 1 aromatic carbocycles. The zero-order valence-corrected chi connectivity index (χ0v) is 15.4. The molecule has 2 aromatic rings. The van der Waals surface area contributed by atoms with Crippen molar-refractivity contribution < 1.29 is 9.53 Å². The molecular weight excluding hydrogens is 302 g/mol. The molecule has 2 rings (SSSR count). The van der Waals surface area contributed by atoms with E-state index in [2.05, 4.69) is 17.3 Å². The number of nitrogens with zero attached hydrogens (tertiary/aromatic N) is 2. The molecule has 1 heterocycles. The summed E-state index contributed by atoms with van der Waals surface area (Å²) in [7, 11) is 1.96. The number of nitrogens with one attached hydrogen (secondary N) is 1. The van der Waals surface area contributed by atoms with Gasteiger partial charge in [0.2, 0.25) is 0 Å². The van der Waals surface area contributed by atoms with Crippen LogP contribution in [0.15, 0.2) is 24.3 Å². The summed E-state index contributed by atoms with van der Waals surface area (Å²) in [6.07, 6.45) is 0. The first-order valence-electron chi connectivity index (χ1n) is 8.19. The number of carbonyl (C=O) groups is 1. The van der Waals surface area contributed by atoms with Gasteiger partial charge in [0.1, 0.15) is 5.60 Å². The molecule has 0 saturated carbocycles. The lowest BCUT2D eigenvalue weighted by Gasteiger charge is -2.19. The fraction of sp³-hybridized carbons (Fsp3) is 0.474. The Balaban J connectivity index is 1.91. The minimum Gasteiger partial charge on any atom is -0.456 e. The summed E-state index contributed by atoms with van der Waals surface area (Å²) in [5.74, 6) is -0.288. The van der Waals surface area contributed by atoms with E-state index < -0.39 is 5.60 Å². The molecule has 0 radical (unpaired) electrons. The Bertz CT molecular complexity index is 709. The van der Waals surface area contributed by atoms with Gasteiger partial charge in [0.25, 0.3) is 0 Å². The van der Waals surface area contributed by atoms with E-state index in [-0.39, 0.29) is 5.97 Å². The number of esters is 1. The number of ether oxygens (including phenoxy) is 1. The maximum atomic E-state index is 12.0. The third-order valence-electron chi connectivity index (χ3n) is 3.88. The molecule has 0 amide bonds. The summed E-state index contributed by atoms with van der Waals surface area (Å²) in [6.45, 7) is 11.2.